The smallest absolute Gasteiger partial charge is 0.251 e. The van der Waals surface area contributed by atoms with E-state index in [9.17, 15) is 4.79 Å². The number of amides is 1. The molecule has 1 N–H and O–H groups in total. The third kappa shape index (κ3) is 5.34. The molecule has 5 nitrogen and oxygen atoms in total. The Balaban J connectivity index is 1.53. The Kier molecular flexibility index (Phi) is 7.15. The summed E-state index contributed by atoms with van der Waals surface area (Å²) >= 11 is 0. The van der Waals surface area contributed by atoms with E-state index >= 15 is 0 Å². The number of nitrogens with zero attached hydrogens (tertiary/aromatic N) is 2. The molecule has 5 heteroatoms. The van der Waals surface area contributed by atoms with Crippen LogP contribution in [0.5, 0.6) is 11.6 Å². The zero-order chi connectivity index (χ0) is 22.3. The van der Waals surface area contributed by atoms with Crippen molar-refractivity contribution in [2.24, 2.45) is 5.92 Å². The van der Waals surface area contributed by atoms with Gasteiger partial charge in [-0.15, -0.1) is 0 Å². The normalized spacial score (nSPS) is 14.2. The van der Waals surface area contributed by atoms with Crippen LogP contribution in [-0.2, 0) is 6.42 Å². The molecule has 0 bridgehead atoms. The second kappa shape index (κ2) is 10.4. The summed E-state index contributed by atoms with van der Waals surface area (Å²) in [7, 11) is 0. The lowest BCUT2D eigenvalue weighted by Crippen LogP contribution is -2.30. The van der Waals surface area contributed by atoms with Crippen molar-refractivity contribution in [2.45, 2.75) is 52.4 Å². The van der Waals surface area contributed by atoms with E-state index in [2.05, 4.69) is 28.3 Å². The van der Waals surface area contributed by atoms with E-state index in [0.29, 0.717) is 23.1 Å². The summed E-state index contributed by atoms with van der Waals surface area (Å²) in [6.07, 6.45) is 10.7. The average molecular weight is 430 g/mol. The number of hydrogen-bond donors (Lipinski definition) is 1. The molecule has 0 saturated heterocycles. The van der Waals surface area contributed by atoms with E-state index in [1.807, 2.05) is 49.5 Å². The van der Waals surface area contributed by atoms with E-state index in [1.165, 1.54) is 32.1 Å². The first-order valence-corrected chi connectivity index (χ1v) is 11.6. The van der Waals surface area contributed by atoms with Crippen molar-refractivity contribution in [2.75, 3.05) is 6.54 Å². The first-order chi connectivity index (χ1) is 15.6. The highest BCUT2D eigenvalue weighted by atomic mass is 16.5. The van der Waals surface area contributed by atoms with E-state index in [1.54, 1.807) is 6.20 Å². The van der Waals surface area contributed by atoms with Gasteiger partial charge in [-0.05, 0) is 79.6 Å². The molecule has 0 atom stereocenters. The second-order valence-electron chi connectivity index (χ2n) is 8.54. The third-order valence-electron chi connectivity index (χ3n) is 6.19. The van der Waals surface area contributed by atoms with Crippen LogP contribution in [0.25, 0.3) is 11.1 Å². The molecule has 3 aromatic rings. The second-order valence-corrected chi connectivity index (χ2v) is 8.54. The predicted octanol–water partition coefficient (Wildman–Crippen LogP) is 6.12. The van der Waals surface area contributed by atoms with E-state index in [-0.39, 0.29) is 5.91 Å². The van der Waals surface area contributed by atoms with Crippen molar-refractivity contribution < 1.29 is 9.53 Å². The molecular weight excluding hydrogens is 398 g/mol. The highest BCUT2D eigenvalue weighted by molar-refractivity contribution is 5.94. The van der Waals surface area contributed by atoms with Crippen molar-refractivity contribution in [3.8, 4) is 22.8 Å². The Morgan fingerprint density at radius 2 is 1.91 bits per heavy atom. The molecule has 2 aromatic heterocycles. The van der Waals surface area contributed by atoms with Crippen molar-refractivity contribution >= 4 is 5.91 Å². The van der Waals surface area contributed by atoms with Gasteiger partial charge in [0.15, 0.2) is 0 Å². The van der Waals surface area contributed by atoms with Gasteiger partial charge in [0.25, 0.3) is 5.91 Å². The Hall–Kier alpha value is -3.21. The lowest BCUT2D eigenvalue weighted by Gasteiger charge is -2.21. The van der Waals surface area contributed by atoms with Crippen molar-refractivity contribution in [3.63, 3.8) is 0 Å². The van der Waals surface area contributed by atoms with Crippen LogP contribution < -0.4 is 10.1 Å². The molecule has 0 aliphatic heterocycles. The van der Waals surface area contributed by atoms with Gasteiger partial charge in [-0.3, -0.25) is 9.78 Å². The van der Waals surface area contributed by atoms with Crippen LogP contribution in [0.1, 0.15) is 60.6 Å². The lowest BCUT2D eigenvalue weighted by molar-refractivity contribution is 0.0943. The first-order valence-electron chi connectivity index (χ1n) is 11.6. The van der Waals surface area contributed by atoms with Crippen LogP contribution in [-0.4, -0.2) is 22.4 Å². The van der Waals surface area contributed by atoms with Crippen LogP contribution in [0.4, 0.5) is 0 Å². The summed E-state index contributed by atoms with van der Waals surface area (Å²) in [4.78, 5) is 21.6. The number of aromatic nitrogens is 2. The van der Waals surface area contributed by atoms with Crippen molar-refractivity contribution in [3.05, 3.63) is 71.7 Å². The number of carbonyl (C=O) groups is 1. The lowest BCUT2D eigenvalue weighted by atomic mass is 9.89. The fraction of sp³-hybridized carbons (Fsp3) is 0.370. The maximum atomic E-state index is 12.8. The fourth-order valence-electron chi connectivity index (χ4n) is 4.22. The molecule has 1 amide bonds. The Morgan fingerprint density at radius 3 is 2.72 bits per heavy atom. The van der Waals surface area contributed by atoms with Crippen molar-refractivity contribution in [1.29, 1.82) is 0 Å². The first kappa shape index (κ1) is 22.0. The summed E-state index contributed by atoms with van der Waals surface area (Å²) in [5.41, 5.74) is 4.49. The minimum Gasteiger partial charge on any atom is -0.438 e. The van der Waals surface area contributed by atoms with Gasteiger partial charge in [0, 0.05) is 35.8 Å². The molecule has 0 unspecified atom stereocenters. The SMILES string of the molecule is CCc1cc(-c2cccnc2Oc2cc(C(=O)NCC3CCCCC3)ccc2C)ccn1. The summed E-state index contributed by atoms with van der Waals surface area (Å²) in [5.74, 6) is 1.70. The Labute approximate surface area is 190 Å². The number of nitrogens with one attached hydrogen (secondary N) is 1. The zero-order valence-electron chi connectivity index (χ0n) is 18.9. The Bertz CT molecular complexity index is 1070. The van der Waals surface area contributed by atoms with Gasteiger partial charge in [-0.25, -0.2) is 4.98 Å². The molecule has 1 aliphatic carbocycles. The Morgan fingerprint density at radius 1 is 1.06 bits per heavy atom. The van der Waals surface area contributed by atoms with Gasteiger partial charge in [0.2, 0.25) is 5.88 Å². The topological polar surface area (TPSA) is 64.1 Å². The summed E-state index contributed by atoms with van der Waals surface area (Å²) in [6.45, 7) is 4.80. The van der Waals surface area contributed by atoms with Crippen LogP contribution in [0.15, 0.2) is 54.9 Å². The maximum absolute atomic E-state index is 12.8. The van der Waals surface area contributed by atoms with Crippen LogP contribution in [0, 0.1) is 12.8 Å². The van der Waals surface area contributed by atoms with Crippen LogP contribution in [0.2, 0.25) is 0 Å². The highest BCUT2D eigenvalue weighted by Gasteiger charge is 2.16. The molecule has 0 spiro atoms. The third-order valence-corrected chi connectivity index (χ3v) is 6.19. The summed E-state index contributed by atoms with van der Waals surface area (Å²) in [6, 6.07) is 13.5. The molecule has 4 rings (SSSR count). The highest BCUT2D eigenvalue weighted by Crippen LogP contribution is 2.33. The minimum atomic E-state index is -0.0524. The molecule has 1 aliphatic rings. The predicted molar refractivity (Wildman–Crippen MR) is 127 cm³/mol. The maximum Gasteiger partial charge on any atom is 0.251 e. The average Bonchev–Trinajstić information content (AvgIpc) is 2.85. The number of ether oxygens (including phenoxy) is 1. The van der Waals surface area contributed by atoms with E-state index in [4.69, 9.17) is 4.74 Å². The summed E-state index contributed by atoms with van der Waals surface area (Å²) < 4.78 is 6.24. The number of hydrogen-bond acceptors (Lipinski definition) is 4. The van der Waals surface area contributed by atoms with Gasteiger partial charge >= 0.3 is 0 Å². The van der Waals surface area contributed by atoms with Gasteiger partial charge in [0.1, 0.15) is 5.75 Å². The van der Waals surface area contributed by atoms with Gasteiger partial charge in [-0.1, -0.05) is 32.3 Å². The molecule has 1 fully saturated rings. The van der Waals surface area contributed by atoms with Crippen LogP contribution in [0.3, 0.4) is 0 Å². The molecule has 0 radical (unpaired) electrons. The summed E-state index contributed by atoms with van der Waals surface area (Å²) in [5, 5.41) is 3.11. The van der Waals surface area contributed by atoms with Gasteiger partial charge in [-0.2, -0.15) is 0 Å². The minimum absolute atomic E-state index is 0.0524. The van der Waals surface area contributed by atoms with Crippen molar-refractivity contribution in [1.82, 2.24) is 15.3 Å². The van der Waals surface area contributed by atoms with Crippen LogP contribution >= 0.6 is 0 Å². The molecule has 2 heterocycles. The molecule has 166 valence electrons. The number of rotatable bonds is 7. The quantitative estimate of drug-likeness (QED) is 0.492. The number of pyridine rings is 2. The molecular formula is C27H31N3O2. The molecule has 1 saturated carbocycles. The van der Waals surface area contributed by atoms with E-state index in [0.717, 1.165) is 35.3 Å². The van der Waals surface area contributed by atoms with E-state index < -0.39 is 0 Å². The molecule has 1 aromatic carbocycles. The number of aryl methyl sites for hydroxylation is 2. The molecule has 32 heavy (non-hydrogen) atoms. The number of carbonyl (C=O) groups excluding carboxylic acids is 1. The fourth-order valence-corrected chi connectivity index (χ4v) is 4.22. The monoisotopic (exact) mass is 429 g/mol. The zero-order valence-corrected chi connectivity index (χ0v) is 18.9. The standard InChI is InChI=1S/C27H31N3O2/c1-3-23-16-21(13-15-28-23)24-10-7-14-29-27(24)32-25-17-22(12-11-19(25)2)26(31)30-18-20-8-5-4-6-9-20/h7,10-17,20H,3-6,8-9,18H2,1-2H3,(H,30,31). The van der Waals surface area contributed by atoms with Gasteiger partial charge in [0.05, 0.1) is 0 Å². The van der Waals surface area contributed by atoms with Gasteiger partial charge < -0.3 is 10.1 Å². The largest absolute Gasteiger partial charge is 0.438 e. The number of benzene rings is 1.